The summed E-state index contributed by atoms with van der Waals surface area (Å²) in [5.41, 5.74) is 7.22. The summed E-state index contributed by atoms with van der Waals surface area (Å²) in [4.78, 5) is 13.9. The predicted octanol–water partition coefficient (Wildman–Crippen LogP) is 1.35. The number of benzene rings is 1. The predicted molar refractivity (Wildman–Crippen MR) is 74.1 cm³/mol. The van der Waals surface area contributed by atoms with Crippen molar-refractivity contribution in [1.29, 1.82) is 0 Å². The number of amides is 1. The van der Waals surface area contributed by atoms with E-state index in [2.05, 4.69) is 5.16 Å². The topological polar surface area (TPSA) is 72.4 Å². The van der Waals surface area contributed by atoms with Gasteiger partial charge in [0, 0.05) is 24.5 Å². The molecule has 1 fully saturated rings. The molecule has 1 aliphatic rings. The van der Waals surface area contributed by atoms with Gasteiger partial charge in [-0.3, -0.25) is 4.79 Å². The summed E-state index contributed by atoms with van der Waals surface area (Å²) >= 11 is 0. The summed E-state index contributed by atoms with van der Waals surface area (Å²) in [7, 11) is 0. The average molecular weight is 282 g/mol. The molecule has 0 spiro atoms. The SMILES string of the molecule is Cl.N[C@H]1CCN(C(=O)Cc2noc3ccccc23)C1. The van der Waals surface area contributed by atoms with Crippen molar-refractivity contribution in [2.24, 2.45) is 5.73 Å². The summed E-state index contributed by atoms with van der Waals surface area (Å²) in [6, 6.07) is 7.69. The van der Waals surface area contributed by atoms with Crippen molar-refractivity contribution in [2.45, 2.75) is 18.9 Å². The van der Waals surface area contributed by atoms with Crippen LogP contribution in [0, 0.1) is 0 Å². The molecule has 1 saturated heterocycles. The second-order valence-corrected chi connectivity index (χ2v) is 4.69. The number of aromatic nitrogens is 1. The van der Waals surface area contributed by atoms with Gasteiger partial charge in [0.1, 0.15) is 5.69 Å². The van der Waals surface area contributed by atoms with Crippen LogP contribution in [-0.2, 0) is 11.2 Å². The summed E-state index contributed by atoms with van der Waals surface area (Å²) in [5, 5.41) is 4.88. The monoisotopic (exact) mass is 281 g/mol. The Morgan fingerprint density at radius 1 is 1.47 bits per heavy atom. The Balaban J connectivity index is 0.00000133. The van der Waals surface area contributed by atoms with E-state index < -0.39 is 0 Å². The smallest absolute Gasteiger partial charge is 0.228 e. The van der Waals surface area contributed by atoms with E-state index in [4.69, 9.17) is 10.3 Å². The molecular weight excluding hydrogens is 266 g/mol. The van der Waals surface area contributed by atoms with Crippen LogP contribution >= 0.6 is 12.4 Å². The number of halogens is 1. The molecule has 0 radical (unpaired) electrons. The van der Waals surface area contributed by atoms with Gasteiger partial charge in [-0.1, -0.05) is 17.3 Å². The molecule has 2 aromatic rings. The van der Waals surface area contributed by atoms with Crippen molar-refractivity contribution in [1.82, 2.24) is 10.1 Å². The zero-order chi connectivity index (χ0) is 12.5. The van der Waals surface area contributed by atoms with Crippen LogP contribution in [-0.4, -0.2) is 35.1 Å². The quantitative estimate of drug-likeness (QED) is 0.902. The molecule has 0 aliphatic carbocycles. The lowest BCUT2D eigenvalue weighted by atomic mass is 10.1. The van der Waals surface area contributed by atoms with E-state index in [1.165, 1.54) is 0 Å². The Bertz CT molecular complexity index is 584. The minimum atomic E-state index is 0. The van der Waals surface area contributed by atoms with Crippen molar-refractivity contribution in [2.75, 3.05) is 13.1 Å². The van der Waals surface area contributed by atoms with Gasteiger partial charge in [0.25, 0.3) is 0 Å². The largest absolute Gasteiger partial charge is 0.356 e. The lowest BCUT2D eigenvalue weighted by Gasteiger charge is -2.14. The highest BCUT2D eigenvalue weighted by atomic mass is 35.5. The molecule has 0 saturated carbocycles. The van der Waals surface area contributed by atoms with E-state index in [-0.39, 0.29) is 30.8 Å². The minimum Gasteiger partial charge on any atom is -0.356 e. The molecule has 1 atom stereocenters. The van der Waals surface area contributed by atoms with Gasteiger partial charge in [0.2, 0.25) is 5.91 Å². The van der Waals surface area contributed by atoms with Gasteiger partial charge in [-0.25, -0.2) is 0 Å². The van der Waals surface area contributed by atoms with Crippen molar-refractivity contribution in [3.63, 3.8) is 0 Å². The fourth-order valence-electron chi connectivity index (χ4n) is 2.33. The molecule has 0 unspecified atom stereocenters. The average Bonchev–Trinajstić information content (AvgIpc) is 2.97. The number of carbonyl (C=O) groups is 1. The van der Waals surface area contributed by atoms with Crippen LogP contribution in [0.5, 0.6) is 0 Å². The highest BCUT2D eigenvalue weighted by Crippen LogP contribution is 2.19. The van der Waals surface area contributed by atoms with E-state index in [9.17, 15) is 4.79 Å². The highest BCUT2D eigenvalue weighted by Gasteiger charge is 2.24. The van der Waals surface area contributed by atoms with Crippen LogP contribution in [0.4, 0.5) is 0 Å². The summed E-state index contributed by atoms with van der Waals surface area (Å²) in [6.45, 7) is 1.39. The van der Waals surface area contributed by atoms with Gasteiger partial charge in [-0.2, -0.15) is 0 Å². The standard InChI is InChI=1S/C13H15N3O2.ClH/c14-9-5-6-16(8-9)13(17)7-11-10-3-1-2-4-12(10)18-15-11;/h1-4,9H,5-8,14H2;1H/t9-;/m0./s1. The number of para-hydroxylation sites is 1. The maximum absolute atomic E-state index is 12.1. The van der Waals surface area contributed by atoms with E-state index in [0.29, 0.717) is 12.2 Å². The molecule has 1 amide bonds. The molecule has 1 aromatic heterocycles. The van der Waals surface area contributed by atoms with Gasteiger partial charge in [0.15, 0.2) is 5.58 Å². The van der Waals surface area contributed by atoms with Gasteiger partial charge >= 0.3 is 0 Å². The third kappa shape index (κ3) is 2.72. The fourth-order valence-corrected chi connectivity index (χ4v) is 2.33. The van der Waals surface area contributed by atoms with Crippen molar-refractivity contribution in [3.8, 4) is 0 Å². The van der Waals surface area contributed by atoms with E-state index >= 15 is 0 Å². The zero-order valence-corrected chi connectivity index (χ0v) is 11.2. The van der Waals surface area contributed by atoms with Gasteiger partial charge in [-0.05, 0) is 18.6 Å². The number of hydrogen-bond acceptors (Lipinski definition) is 4. The van der Waals surface area contributed by atoms with Crippen molar-refractivity contribution < 1.29 is 9.32 Å². The first kappa shape index (κ1) is 13.8. The Morgan fingerprint density at radius 3 is 3.00 bits per heavy atom. The van der Waals surface area contributed by atoms with Crippen LogP contribution in [0.15, 0.2) is 28.8 Å². The Morgan fingerprint density at radius 2 is 2.26 bits per heavy atom. The second-order valence-electron chi connectivity index (χ2n) is 4.69. The number of carbonyl (C=O) groups excluding carboxylic acids is 1. The molecule has 2 N–H and O–H groups in total. The summed E-state index contributed by atoms with van der Waals surface area (Å²) in [6.07, 6.45) is 1.16. The zero-order valence-electron chi connectivity index (χ0n) is 10.4. The maximum Gasteiger partial charge on any atom is 0.228 e. The number of likely N-dealkylation sites (tertiary alicyclic amines) is 1. The third-order valence-corrected chi connectivity index (χ3v) is 3.35. The van der Waals surface area contributed by atoms with Gasteiger partial charge in [-0.15, -0.1) is 12.4 Å². The van der Waals surface area contributed by atoms with Gasteiger partial charge in [0.05, 0.1) is 6.42 Å². The molecular formula is C13H16ClN3O2. The molecule has 6 heteroatoms. The Kier molecular flexibility index (Phi) is 4.07. The lowest BCUT2D eigenvalue weighted by molar-refractivity contribution is -0.129. The van der Waals surface area contributed by atoms with Crippen LogP contribution in [0.2, 0.25) is 0 Å². The first-order chi connectivity index (χ1) is 8.74. The Hall–Kier alpha value is -1.59. The molecule has 1 aromatic carbocycles. The van der Waals surface area contributed by atoms with Crippen molar-refractivity contribution in [3.05, 3.63) is 30.0 Å². The van der Waals surface area contributed by atoms with Gasteiger partial charge < -0.3 is 15.2 Å². The van der Waals surface area contributed by atoms with E-state index in [1.807, 2.05) is 24.3 Å². The first-order valence-electron chi connectivity index (χ1n) is 6.10. The molecule has 19 heavy (non-hydrogen) atoms. The number of nitrogens with zero attached hydrogens (tertiary/aromatic N) is 2. The minimum absolute atomic E-state index is 0. The third-order valence-electron chi connectivity index (χ3n) is 3.35. The lowest BCUT2D eigenvalue weighted by Crippen LogP contribution is -2.33. The first-order valence-corrected chi connectivity index (χ1v) is 6.10. The summed E-state index contributed by atoms with van der Waals surface area (Å²) in [5.74, 6) is 0.0713. The molecule has 3 rings (SSSR count). The maximum atomic E-state index is 12.1. The molecule has 102 valence electrons. The molecule has 2 heterocycles. The van der Waals surface area contributed by atoms with Crippen LogP contribution in [0.25, 0.3) is 11.0 Å². The van der Waals surface area contributed by atoms with Crippen LogP contribution in [0.3, 0.4) is 0 Å². The van der Waals surface area contributed by atoms with Crippen LogP contribution in [0.1, 0.15) is 12.1 Å². The number of hydrogen-bond donors (Lipinski definition) is 1. The van der Waals surface area contributed by atoms with Crippen molar-refractivity contribution >= 4 is 29.3 Å². The number of fused-ring (bicyclic) bond motifs is 1. The van der Waals surface area contributed by atoms with E-state index in [1.54, 1.807) is 4.90 Å². The highest BCUT2D eigenvalue weighted by molar-refractivity contribution is 5.86. The normalized spacial score (nSPS) is 18.6. The number of nitrogens with two attached hydrogens (primary N) is 1. The second kappa shape index (κ2) is 5.59. The summed E-state index contributed by atoms with van der Waals surface area (Å²) < 4.78 is 5.19. The van der Waals surface area contributed by atoms with E-state index in [0.717, 1.165) is 23.9 Å². The number of rotatable bonds is 2. The molecule has 5 nitrogen and oxygen atoms in total. The molecule has 1 aliphatic heterocycles. The fraction of sp³-hybridized carbons (Fsp3) is 0.385. The van der Waals surface area contributed by atoms with Crippen LogP contribution < -0.4 is 5.73 Å². The Labute approximate surface area is 117 Å². The molecule has 0 bridgehead atoms.